The minimum Gasteiger partial charge on any atom is -0.325 e. The molecule has 0 saturated heterocycles. The molecule has 1 aromatic rings. The number of rotatable bonds is 2. The third-order valence-electron chi connectivity index (χ3n) is 4.31. The van der Waals surface area contributed by atoms with Crippen LogP contribution < -0.4 is 5.73 Å². The van der Waals surface area contributed by atoms with Crippen LogP contribution in [0.5, 0.6) is 0 Å². The van der Waals surface area contributed by atoms with Gasteiger partial charge in [0, 0.05) is 21.3 Å². The van der Waals surface area contributed by atoms with E-state index in [-0.39, 0.29) is 5.54 Å². The SMILES string of the molecule is CC(C)(C)C1CCCCC1(N)Cc1sccc1Br. The first-order valence-corrected chi connectivity index (χ1v) is 8.51. The van der Waals surface area contributed by atoms with E-state index in [2.05, 4.69) is 48.1 Å². The summed E-state index contributed by atoms with van der Waals surface area (Å²) in [7, 11) is 0. The molecule has 3 heteroatoms. The molecule has 2 N–H and O–H groups in total. The summed E-state index contributed by atoms with van der Waals surface area (Å²) in [6.45, 7) is 7.02. The highest BCUT2D eigenvalue weighted by molar-refractivity contribution is 9.10. The van der Waals surface area contributed by atoms with Crippen molar-refractivity contribution in [3.05, 3.63) is 20.8 Å². The molecule has 102 valence electrons. The van der Waals surface area contributed by atoms with E-state index in [1.54, 1.807) is 0 Å². The molecule has 1 aromatic heterocycles. The predicted octanol–water partition coefficient (Wildman–Crippen LogP) is 4.99. The molecule has 0 radical (unpaired) electrons. The fourth-order valence-corrected chi connectivity index (χ4v) is 5.15. The first-order valence-electron chi connectivity index (χ1n) is 6.84. The number of nitrogens with two attached hydrogens (primary N) is 1. The lowest BCUT2D eigenvalue weighted by Crippen LogP contribution is -2.55. The molecule has 1 nitrogen and oxygen atoms in total. The van der Waals surface area contributed by atoms with Crippen LogP contribution in [0.15, 0.2) is 15.9 Å². The van der Waals surface area contributed by atoms with Gasteiger partial charge in [-0.05, 0) is 51.6 Å². The van der Waals surface area contributed by atoms with Crippen LogP contribution in [0.25, 0.3) is 0 Å². The average Bonchev–Trinajstić information content (AvgIpc) is 2.62. The van der Waals surface area contributed by atoms with Crippen LogP contribution in [0.3, 0.4) is 0 Å². The van der Waals surface area contributed by atoms with E-state index in [1.165, 1.54) is 35.0 Å². The second kappa shape index (κ2) is 5.26. The Morgan fingerprint density at radius 3 is 2.72 bits per heavy atom. The van der Waals surface area contributed by atoms with Crippen molar-refractivity contribution in [1.29, 1.82) is 0 Å². The Bertz CT molecular complexity index is 407. The maximum Gasteiger partial charge on any atom is 0.0315 e. The van der Waals surface area contributed by atoms with Gasteiger partial charge in [-0.1, -0.05) is 33.6 Å². The maximum absolute atomic E-state index is 6.84. The molecule has 2 rings (SSSR count). The highest BCUT2D eigenvalue weighted by Crippen LogP contribution is 2.45. The molecule has 1 heterocycles. The molecule has 0 aromatic carbocycles. The van der Waals surface area contributed by atoms with Gasteiger partial charge in [-0.2, -0.15) is 0 Å². The van der Waals surface area contributed by atoms with E-state index in [9.17, 15) is 0 Å². The topological polar surface area (TPSA) is 26.0 Å². The van der Waals surface area contributed by atoms with Gasteiger partial charge in [0.05, 0.1) is 0 Å². The quantitative estimate of drug-likeness (QED) is 0.812. The molecule has 1 fully saturated rings. The standard InChI is InChI=1S/C15H24BrNS/c1-14(2,3)13-6-4-5-8-15(13,17)10-12-11(16)7-9-18-12/h7,9,13H,4-6,8,10,17H2,1-3H3. The zero-order chi connectivity index (χ0) is 13.4. The van der Waals surface area contributed by atoms with Crippen LogP contribution in [-0.2, 0) is 6.42 Å². The zero-order valence-electron chi connectivity index (χ0n) is 11.6. The van der Waals surface area contributed by atoms with Crippen LogP contribution in [-0.4, -0.2) is 5.54 Å². The number of hydrogen-bond acceptors (Lipinski definition) is 2. The number of halogens is 1. The van der Waals surface area contributed by atoms with Crippen LogP contribution in [0, 0.1) is 11.3 Å². The van der Waals surface area contributed by atoms with E-state index in [0.717, 1.165) is 6.42 Å². The monoisotopic (exact) mass is 329 g/mol. The van der Waals surface area contributed by atoms with Gasteiger partial charge in [0.15, 0.2) is 0 Å². The van der Waals surface area contributed by atoms with Crippen molar-refractivity contribution in [2.75, 3.05) is 0 Å². The highest BCUT2D eigenvalue weighted by atomic mass is 79.9. The van der Waals surface area contributed by atoms with Gasteiger partial charge < -0.3 is 5.73 Å². The molecule has 1 aliphatic carbocycles. The normalized spacial score (nSPS) is 29.5. The molecule has 0 aliphatic heterocycles. The van der Waals surface area contributed by atoms with Gasteiger partial charge in [0.1, 0.15) is 0 Å². The maximum atomic E-state index is 6.84. The largest absolute Gasteiger partial charge is 0.325 e. The smallest absolute Gasteiger partial charge is 0.0315 e. The van der Waals surface area contributed by atoms with E-state index in [0.29, 0.717) is 11.3 Å². The summed E-state index contributed by atoms with van der Waals surface area (Å²) in [4.78, 5) is 1.41. The Labute approximate surface area is 123 Å². The molecule has 0 amide bonds. The summed E-state index contributed by atoms with van der Waals surface area (Å²) in [5.74, 6) is 0.618. The first kappa shape index (κ1) is 14.5. The minimum atomic E-state index is -0.0239. The fourth-order valence-electron chi connectivity index (χ4n) is 3.52. The van der Waals surface area contributed by atoms with Gasteiger partial charge in [0.2, 0.25) is 0 Å². The highest BCUT2D eigenvalue weighted by Gasteiger charge is 2.43. The van der Waals surface area contributed by atoms with E-state index in [4.69, 9.17) is 5.73 Å². The van der Waals surface area contributed by atoms with Crippen molar-refractivity contribution >= 4 is 27.3 Å². The molecule has 2 unspecified atom stereocenters. The summed E-state index contributed by atoms with van der Waals surface area (Å²) >= 11 is 5.47. The van der Waals surface area contributed by atoms with Crippen LogP contribution >= 0.6 is 27.3 Å². The minimum absolute atomic E-state index is 0.0239. The molecule has 2 atom stereocenters. The van der Waals surface area contributed by atoms with Gasteiger partial charge in [-0.25, -0.2) is 0 Å². The Balaban J connectivity index is 2.23. The van der Waals surface area contributed by atoms with Gasteiger partial charge in [-0.3, -0.25) is 0 Å². The second-order valence-electron chi connectivity index (χ2n) is 6.77. The third-order valence-corrected chi connectivity index (χ3v) is 6.23. The molecule has 18 heavy (non-hydrogen) atoms. The molecule has 0 spiro atoms. The zero-order valence-corrected chi connectivity index (χ0v) is 14.0. The van der Waals surface area contributed by atoms with E-state index in [1.807, 2.05) is 11.3 Å². The van der Waals surface area contributed by atoms with Gasteiger partial charge in [0.25, 0.3) is 0 Å². The number of thiophene rings is 1. The molecular formula is C15H24BrNS. The predicted molar refractivity (Wildman–Crippen MR) is 84.1 cm³/mol. The molecule has 1 aliphatic rings. The van der Waals surface area contributed by atoms with Crippen molar-refractivity contribution in [2.24, 2.45) is 17.1 Å². The van der Waals surface area contributed by atoms with Crippen molar-refractivity contribution in [2.45, 2.75) is 58.4 Å². The summed E-state index contributed by atoms with van der Waals surface area (Å²) < 4.78 is 1.23. The lowest BCUT2D eigenvalue weighted by atomic mass is 9.61. The summed E-state index contributed by atoms with van der Waals surface area (Å²) in [6.07, 6.45) is 6.09. The van der Waals surface area contributed by atoms with Crippen LogP contribution in [0.4, 0.5) is 0 Å². The van der Waals surface area contributed by atoms with Crippen molar-refractivity contribution in [1.82, 2.24) is 0 Å². The average molecular weight is 330 g/mol. The summed E-state index contributed by atoms with van der Waals surface area (Å²) in [6, 6.07) is 2.14. The van der Waals surface area contributed by atoms with Crippen molar-refractivity contribution in [3.8, 4) is 0 Å². The Hall–Kier alpha value is 0.140. The lowest BCUT2D eigenvalue weighted by molar-refractivity contribution is 0.0797. The Kier molecular flexibility index (Phi) is 4.25. The van der Waals surface area contributed by atoms with Crippen molar-refractivity contribution in [3.63, 3.8) is 0 Å². The first-order chi connectivity index (χ1) is 8.33. The Morgan fingerprint density at radius 2 is 2.17 bits per heavy atom. The summed E-state index contributed by atoms with van der Waals surface area (Å²) in [5, 5.41) is 2.15. The molecular weight excluding hydrogens is 306 g/mol. The van der Waals surface area contributed by atoms with Crippen molar-refractivity contribution < 1.29 is 0 Å². The van der Waals surface area contributed by atoms with E-state index >= 15 is 0 Å². The molecule has 0 bridgehead atoms. The van der Waals surface area contributed by atoms with Crippen LogP contribution in [0.1, 0.15) is 51.3 Å². The van der Waals surface area contributed by atoms with Crippen LogP contribution in [0.2, 0.25) is 0 Å². The van der Waals surface area contributed by atoms with E-state index < -0.39 is 0 Å². The van der Waals surface area contributed by atoms with Gasteiger partial charge in [-0.15, -0.1) is 11.3 Å². The van der Waals surface area contributed by atoms with Gasteiger partial charge >= 0.3 is 0 Å². The lowest BCUT2D eigenvalue weighted by Gasteiger charge is -2.48. The molecule has 1 saturated carbocycles. The number of hydrogen-bond donors (Lipinski definition) is 1. The third kappa shape index (κ3) is 3.00. The fraction of sp³-hybridized carbons (Fsp3) is 0.733. The second-order valence-corrected chi connectivity index (χ2v) is 8.62. The Morgan fingerprint density at radius 1 is 1.44 bits per heavy atom. The summed E-state index contributed by atoms with van der Waals surface area (Å²) in [5.41, 5.74) is 7.12.